The molecule has 2 N–H and O–H groups in total. The Balaban J connectivity index is 2.29. The second-order valence-electron chi connectivity index (χ2n) is 3.03. The maximum absolute atomic E-state index is 5.95. The lowest BCUT2D eigenvalue weighted by Gasteiger charge is -2.05. The van der Waals surface area contributed by atoms with Gasteiger partial charge in [-0.05, 0) is 6.07 Å². The average molecular weight is 189 g/mol. The molecule has 2 heterocycles. The third-order valence-corrected chi connectivity index (χ3v) is 1.95. The van der Waals surface area contributed by atoms with Crippen LogP contribution in [-0.2, 0) is 7.05 Å². The molecular weight excluding hydrogens is 178 g/mol. The van der Waals surface area contributed by atoms with Crippen LogP contribution in [0.3, 0.4) is 0 Å². The zero-order valence-corrected chi connectivity index (χ0v) is 7.83. The predicted octanol–water partition coefficient (Wildman–Crippen LogP) is 0.258. The highest BCUT2D eigenvalue weighted by Crippen LogP contribution is 2.13. The van der Waals surface area contributed by atoms with Crippen LogP contribution >= 0.6 is 0 Å². The molecule has 1 atom stereocenters. The third kappa shape index (κ3) is 1.62. The number of aryl methyl sites for hydroxylation is 1. The monoisotopic (exact) mass is 189 g/mol. The number of rotatable bonds is 2. The van der Waals surface area contributed by atoms with Gasteiger partial charge in [-0.15, -0.1) is 0 Å². The highest BCUT2D eigenvalue weighted by atomic mass is 15.2. The first-order chi connectivity index (χ1) is 6.77. The van der Waals surface area contributed by atoms with Crippen LogP contribution in [0.5, 0.6) is 0 Å². The SMILES string of the molecule is Cn1cc(C(N)c2ncccn2)cn1. The summed E-state index contributed by atoms with van der Waals surface area (Å²) in [5.41, 5.74) is 6.87. The number of hydrogen-bond donors (Lipinski definition) is 1. The molecule has 1 unspecified atom stereocenters. The molecular formula is C9H11N5. The van der Waals surface area contributed by atoms with E-state index in [1.165, 1.54) is 0 Å². The molecule has 0 amide bonds. The van der Waals surface area contributed by atoms with Crippen molar-refractivity contribution in [3.05, 3.63) is 42.2 Å². The van der Waals surface area contributed by atoms with Crippen LogP contribution in [0.1, 0.15) is 17.4 Å². The highest BCUT2D eigenvalue weighted by molar-refractivity contribution is 5.17. The predicted molar refractivity (Wildman–Crippen MR) is 51.3 cm³/mol. The molecule has 0 bridgehead atoms. The van der Waals surface area contributed by atoms with E-state index in [4.69, 9.17) is 5.73 Å². The number of nitrogens with zero attached hydrogens (tertiary/aromatic N) is 4. The molecule has 0 radical (unpaired) electrons. The van der Waals surface area contributed by atoms with E-state index in [1.54, 1.807) is 29.3 Å². The third-order valence-electron chi connectivity index (χ3n) is 1.95. The van der Waals surface area contributed by atoms with Gasteiger partial charge in [0.25, 0.3) is 0 Å². The van der Waals surface area contributed by atoms with Crippen molar-refractivity contribution >= 4 is 0 Å². The molecule has 0 aliphatic heterocycles. The van der Waals surface area contributed by atoms with E-state index in [2.05, 4.69) is 15.1 Å². The lowest BCUT2D eigenvalue weighted by atomic mass is 10.1. The summed E-state index contributed by atoms with van der Waals surface area (Å²) in [6.45, 7) is 0. The van der Waals surface area contributed by atoms with Gasteiger partial charge in [0.2, 0.25) is 0 Å². The van der Waals surface area contributed by atoms with Crippen LogP contribution in [0.2, 0.25) is 0 Å². The Bertz CT molecular complexity index is 408. The first kappa shape index (κ1) is 8.83. The van der Waals surface area contributed by atoms with Gasteiger partial charge < -0.3 is 5.73 Å². The van der Waals surface area contributed by atoms with Gasteiger partial charge in [0, 0.05) is 31.2 Å². The van der Waals surface area contributed by atoms with Crippen molar-refractivity contribution in [1.82, 2.24) is 19.7 Å². The summed E-state index contributed by atoms with van der Waals surface area (Å²) in [5.74, 6) is 0.612. The molecule has 0 saturated carbocycles. The van der Waals surface area contributed by atoms with Crippen LogP contribution in [0.25, 0.3) is 0 Å². The number of hydrogen-bond acceptors (Lipinski definition) is 4. The van der Waals surface area contributed by atoms with E-state index in [0.717, 1.165) is 5.56 Å². The van der Waals surface area contributed by atoms with Crippen LogP contribution in [0.4, 0.5) is 0 Å². The van der Waals surface area contributed by atoms with Gasteiger partial charge in [-0.3, -0.25) is 4.68 Å². The first-order valence-corrected chi connectivity index (χ1v) is 4.28. The summed E-state index contributed by atoms with van der Waals surface area (Å²) in [6.07, 6.45) is 6.94. The molecule has 72 valence electrons. The van der Waals surface area contributed by atoms with Gasteiger partial charge in [-0.2, -0.15) is 5.10 Å². The van der Waals surface area contributed by atoms with Crippen molar-refractivity contribution in [3.8, 4) is 0 Å². The van der Waals surface area contributed by atoms with Crippen LogP contribution in [0, 0.1) is 0 Å². The molecule has 5 heteroatoms. The smallest absolute Gasteiger partial charge is 0.149 e. The van der Waals surface area contributed by atoms with Crippen LogP contribution in [0.15, 0.2) is 30.9 Å². The molecule has 5 nitrogen and oxygen atoms in total. The summed E-state index contributed by atoms with van der Waals surface area (Å²) in [5, 5.41) is 4.04. The molecule has 0 fully saturated rings. The van der Waals surface area contributed by atoms with Gasteiger partial charge in [0.05, 0.1) is 12.2 Å². The summed E-state index contributed by atoms with van der Waals surface area (Å²) in [7, 11) is 1.85. The average Bonchev–Trinajstić information content (AvgIpc) is 2.65. The van der Waals surface area contributed by atoms with Gasteiger partial charge in [0.15, 0.2) is 0 Å². The van der Waals surface area contributed by atoms with Crippen molar-refractivity contribution in [3.63, 3.8) is 0 Å². The minimum absolute atomic E-state index is 0.301. The number of aromatic nitrogens is 4. The van der Waals surface area contributed by atoms with Gasteiger partial charge in [0.1, 0.15) is 5.82 Å². The van der Waals surface area contributed by atoms with E-state index < -0.39 is 0 Å². The lowest BCUT2D eigenvalue weighted by molar-refractivity contribution is 0.757. The van der Waals surface area contributed by atoms with Gasteiger partial charge in [-0.1, -0.05) is 0 Å². The Kier molecular flexibility index (Phi) is 2.24. The molecule has 2 aromatic rings. The topological polar surface area (TPSA) is 69.6 Å². The fourth-order valence-corrected chi connectivity index (χ4v) is 1.22. The van der Waals surface area contributed by atoms with Crippen molar-refractivity contribution in [2.75, 3.05) is 0 Å². The highest BCUT2D eigenvalue weighted by Gasteiger charge is 2.12. The molecule has 2 rings (SSSR count). The molecule has 0 spiro atoms. The van der Waals surface area contributed by atoms with E-state index in [9.17, 15) is 0 Å². The summed E-state index contributed by atoms with van der Waals surface area (Å²) >= 11 is 0. The molecule has 0 saturated heterocycles. The second kappa shape index (κ2) is 3.55. The van der Waals surface area contributed by atoms with Crippen LogP contribution in [-0.4, -0.2) is 19.7 Å². The zero-order valence-electron chi connectivity index (χ0n) is 7.83. The Morgan fingerprint density at radius 1 is 1.36 bits per heavy atom. The molecule has 14 heavy (non-hydrogen) atoms. The van der Waals surface area contributed by atoms with E-state index in [-0.39, 0.29) is 6.04 Å². The summed E-state index contributed by atoms with van der Waals surface area (Å²) < 4.78 is 1.71. The largest absolute Gasteiger partial charge is 0.318 e. The summed E-state index contributed by atoms with van der Waals surface area (Å²) in [4.78, 5) is 8.18. The second-order valence-corrected chi connectivity index (χ2v) is 3.03. The van der Waals surface area contributed by atoms with E-state index in [0.29, 0.717) is 5.82 Å². The Morgan fingerprint density at radius 2 is 2.07 bits per heavy atom. The van der Waals surface area contributed by atoms with Crippen molar-refractivity contribution in [1.29, 1.82) is 0 Å². The first-order valence-electron chi connectivity index (χ1n) is 4.28. The normalized spacial score (nSPS) is 12.7. The lowest BCUT2D eigenvalue weighted by Crippen LogP contribution is -2.14. The van der Waals surface area contributed by atoms with Crippen molar-refractivity contribution < 1.29 is 0 Å². The molecule has 0 aromatic carbocycles. The van der Waals surface area contributed by atoms with Crippen molar-refractivity contribution in [2.24, 2.45) is 12.8 Å². The summed E-state index contributed by atoms with van der Waals surface area (Å²) in [6, 6.07) is 1.46. The molecule has 0 aliphatic carbocycles. The quantitative estimate of drug-likeness (QED) is 0.735. The standard InChI is InChI=1S/C9H11N5/c1-14-6-7(5-13-14)8(10)9-11-3-2-4-12-9/h2-6,8H,10H2,1H3. The Morgan fingerprint density at radius 3 is 2.64 bits per heavy atom. The van der Waals surface area contributed by atoms with Gasteiger partial charge >= 0.3 is 0 Å². The number of nitrogens with two attached hydrogens (primary N) is 1. The fraction of sp³-hybridized carbons (Fsp3) is 0.222. The van der Waals surface area contributed by atoms with E-state index >= 15 is 0 Å². The Labute approximate surface area is 81.6 Å². The maximum Gasteiger partial charge on any atom is 0.149 e. The Hall–Kier alpha value is -1.75. The molecule has 0 aliphatic rings. The maximum atomic E-state index is 5.95. The minimum Gasteiger partial charge on any atom is -0.318 e. The van der Waals surface area contributed by atoms with E-state index in [1.807, 2.05) is 13.2 Å². The fourth-order valence-electron chi connectivity index (χ4n) is 1.22. The van der Waals surface area contributed by atoms with Gasteiger partial charge in [-0.25, -0.2) is 9.97 Å². The van der Waals surface area contributed by atoms with Crippen molar-refractivity contribution in [2.45, 2.75) is 6.04 Å². The molecule has 2 aromatic heterocycles. The minimum atomic E-state index is -0.301. The zero-order chi connectivity index (χ0) is 9.97. The van der Waals surface area contributed by atoms with Crippen LogP contribution < -0.4 is 5.73 Å².